The first-order valence-electron chi connectivity index (χ1n) is 9.59. The van der Waals surface area contributed by atoms with Gasteiger partial charge in [0.1, 0.15) is 16.5 Å². The summed E-state index contributed by atoms with van der Waals surface area (Å²) in [5.74, 6) is 2.27. The molecule has 0 atom stereocenters. The van der Waals surface area contributed by atoms with Crippen molar-refractivity contribution in [1.82, 2.24) is 25.3 Å². The number of aryl methyl sites for hydroxylation is 2. The van der Waals surface area contributed by atoms with Crippen molar-refractivity contribution < 1.29 is 4.79 Å². The fourth-order valence-electron chi connectivity index (χ4n) is 3.60. The fraction of sp³-hybridized carbons (Fsp3) is 0.333. The van der Waals surface area contributed by atoms with Crippen molar-refractivity contribution in [2.75, 3.05) is 6.54 Å². The lowest BCUT2D eigenvalue weighted by Gasteiger charge is -2.03. The highest BCUT2D eigenvalue weighted by Gasteiger charge is 2.28. The molecule has 7 heteroatoms. The largest absolute Gasteiger partial charge is 0.351 e. The lowest BCUT2D eigenvalue weighted by Crippen LogP contribution is -2.25. The molecule has 142 valence electrons. The SMILES string of the molecule is Cc1nc(C2CC2)nc2sc(C(=O)NCCc3nc4ccccc4[nH]3)c(C)c12. The minimum Gasteiger partial charge on any atom is -0.351 e. The Morgan fingerprint density at radius 3 is 2.82 bits per heavy atom. The molecule has 1 aromatic carbocycles. The van der Waals surface area contributed by atoms with Gasteiger partial charge < -0.3 is 10.3 Å². The minimum atomic E-state index is -0.0519. The first kappa shape index (κ1) is 17.3. The third kappa shape index (κ3) is 3.05. The van der Waals surface area contributed by atoms with Crippen LogP contribution in [0.5, 0.6) is 0 Å². The van der Waals surface area contributed by atoms with E-state index in [1.807, 2.05) is 38.1 Å². The third-order valence-electron chi connectivity index (χ3n) is 5.22. The van der Waals surface area contributed by atoms with E-state index in [2.05, 4.69) is 20.3 Å². The van der Waals surface area contributed by atoms with Crippen molar-refractivity contribution in [2.45, 2.75) is 39.0 Å². The normalized spacial score (nSPS) is 14.1. The molecular formula is C21H21N5OS. The predicted octanol–water partition coefficient (Wildman–Crippen LogP) is 4.03. The summed E-state index contributed by atoms with van der Waals surface area (Å²) in [4.78, 5) is 31.7. The van der Waals surface area contributed by atoms with Crippen LogP contribution in [-0.2, 0) is 6.42 Å². The van der Waals surface area contributed by atoms with E-state index in [-0.39, 0.29) is 5.91 Å². The summed E-state index contributed by atoms with van der Waals surface area (Å²) in [6.07, 6.45) is 3.00. The number of amides is 1. The van der Waals surface area contributed by atoms with Crippen molar-refractivity contribution in [2.24, 2.45) is 0 Å². The first-order chi connectivity index (χ1) is 13.6. The van der Waals surface area contributed by atoms with Gasteiger partial charge in [0.15, 0.2) is 0 Å². The molecule has 1 aliphatic rings. The van der Waals surface area contributed by atoms with E-state index >= 15 is 0 Å². The quantitative estimate of drug-likeness (QED) is 0.538. The summed E-state index contributed by atoms with van der Waals surface area (Å²) in [6.45, 7) is 4.53. The molecule has 0 unspecified atom stereocenters. The molecular weight excluding hydrogens is 370 g/mol. The molecule has 5 rings (SSSR count). The zero-order chi connectivity index (χ0) is 19.3. The molecule has 1 saturated carbocycles. The Kier molecular flexibility index (Phi) is 4.12. The maximum absolute atomic E-state index is 12.8. The van der Waals surface area contributed by atoms with Gasteiger partial charge in [-0.15, -0.1) is 11.3 Å². The summed E-state index contributed by atoms with van der Waals surface area (Å²) in [7, 11) is 0. The number of carbonyl (C=O) groups is 1. The molecule has 0 radical (unpaired) electrons. The number of para-hydroxylation sites is 2. The van der Waals surface area contributed by atoms with Crippen LogP contribution in [0.2, 0.25) is 0 Å². The van der Waals surface area contributed by atoms with Gasteiger partial charge in [0.2, 0.25) is 0 Å². The van der Waals surface area contributed by atoms with E-state index in [1.165, 1.54) is 24.2 Å². The second-order valence-corrected chi connectivity index (χ2v) is 8.38. The Hall–Kier alpha value is -2.80. The average Bonchev–Trinajstić information content (AvgIpc) is 3.36. The second-order valence-electron chi connectivity index (χ2n) is 7.38. The van der Waals surface area contributed by atoms with Crippen LogP contribution in [0, 0.1) is 13.8 Å². The topological polar surface area (TPSA) is 83.6 Å². The second kappa shape index (κ2) is 6.67. The van der Waals surface area contributed by atoms with Crippen molar-refractivity contribution in [3.63, 3.8) is 0 Å². The molecule has 28 heavy (non-hydrogen) atoms. The number of nitrogens with zero attached hydrogens (tertiary/aromatic N) is 3. The molecule has 2 N–H and O–H groups in total. The number of aromatic amines is 1. The van der Waals surface area contributed by atoms with E-state index in [1.54, 1.807) is 0 Å². The van der Waals surface area contributed by atoms with Crippen LogP contribution < -0.4 is 5.32 Å². The van der Waals surface area contributed by atoms with Crippen LogP contribution in [0.3, 0.4) is 0 Å². The van der Waals surface area contributed by atoms with Crippen molar-refractivity contribution in [3.8, 4) is 0 Å². The number of rotatable bonds is 5. The zero-order valence-corrected chi connectivity index (χ0v) is 16.7. The average molecular weight is 392 g/mol. The van der Waals surface area contributed by atoms with Gasteiger partial charge in [0, 0.05) is 24.3 Å². The summed E-state index contributed by atoms with van der Waals surface area (Å²) in [6, 6.07) is 7.94. The number of H-pyrrole nitrogens is 1. The van der Waals surface area contributed by atoms with Gasteiger partial charge in [0.25, 0.3) is 5.91 Å². The number of fused-ring (bicyclic) bond motifs is 2. The van der Waals surface area contributed by atoms with Gasteiger partial charge in [-0.2, -0.15) is 0 Å². The monoisotopic (exact) mass is 391 g/mol. The van der Waals surface area contributed by atoms with E-state index in [0.717, 1.165) is 49.0 Å². The van der Waals surface area contributed by atoms with Crippen LogP contribution in [0.1, 0.15) is 51.3 Å². The Morgan fingerprint density at radius 2 is 2.04 bits per heavy atom. The smallest absolute Gasteiger partial charge is 0.261 e. The summed E-state index contributed by atoms with van der Waals surface area (Å²) in [5.41, 5.74) is 3.91. The first-order valence-corrected chi connectivity index (χ1v) is 10.4. The summed E-state index contributed by atoms with van der Waals surface area (Å²) in [5, 5.41) is 4.05. The van der Waals surface area contributed by atoms with E-state index in [9.17, 15) is 4.79 Å². The van der Waals surface area contributed by atoms with Crippen LogP contribution in [0.25, 0.3) is 21.3 Å². The Labute approximate surface area is 166 Å². The highest BCUT2D eigenvalue weighted by Crippen LogP contribution is 2.40. The standard InChI is InChI=1S/C21H21N5OS/c1-11-17-12(2)23-19(13-7-8-13)26-21(17)28-18(11)20(27)22-10-9-16-24-14-5-3-4-6-15(14)25-16/h3-6,13H,7-10H2,1-2H3,(H,22,27)(H,24,25). The Morgan fingerprint density at radius 1 is 1.21 bits per heavy atom. The van der Waals surface area contributed by atoms with E-state index in [4.69, 9.17) is 4.98 Å². The van der Waals surface area contributed by atoms with Crippen molar-refractivity contribution in [3.05, 3.63) is 52.0 Å². The molecule has 1 amide bonds. The zero-order valence-electron chi connectivity index (χ0n) is 15.9. The number of imidazole rings is 1. The highest BCUT2D eigenvalue weighted by molar-refractivity contribution is 7.20. The number of nitrogens with one attached hydrogen (secondary N) is 2. The van der Waals surface area contributed by atoms with E-state index < -0.39 is 0 Å². The molecule has 0 bridgehead atoms. The highest BCUT2D eigenvalue weighted by atomic mass is 32.1. The maximum atomic E-state index is 12.8. The van der Waals surface area contributed by atoms with Gasteiger partial charge in [-0.25, -0.2) is 15.0 Å². The van der Waals surface area contributed by atoms with Gasteiger partial charge in [0.05, 0.1) is 21.6 Å². The van der Waals surface area contributed by atoms with Gasteiger partial charge in [-0.3, -0.25) is 4.79 Å². The molecule has 6 nitrogen and oxygen atoms in total. The van der Waals surface area contributed by atoms with Crippen molar-refractivity contribution >= 4 is 38.5 Å². The van der Waals surface area contributed by atoms with E-state index in [0.29, 0.717) is 18.9 Å². The van der Waals surface area contributed by atoms with Crippen LogP contribution in [0.4, 0.5) is 0 Å². The molecule has 1 aliphatic carbocycles. The molecule has 3 heterocycles. The number of hydrogen-bond donors (Lipinski definition) is 2. The fourth-order valence-corrected chi connectivity index (χ4v) is 4.75. The van der Waals surface area contributed by atoms with Crippen molar-refractivity contribution in [1.29, 1.82) is 0 Å². The summed E-state index contributed by atoms with van der Waals surface area (Å²) < 4.78 is 0. The number of benzene rings is 1. The predicted molar refractivity (Wildman–Crippen MR) is 111 cm³/mol. The molecule has 3 aromatic heterocycles. The lowest BCUT2D eigenvalue weighted by molar-refractivity contribution is 0.0957. The van der Waals surface area contributed by atoms with Crippen LogP contribution >= 0.6 is 11.3 Å². The number of hydrogen-bond acceptors (Lipinski definition) is 5. The lowest BCUT2D eigenvalue weighted by atomic mass is 10.1. The van der Waals surface area contributed by atoms with Gasteiger partial charge >= 0.3 is 0 Å². The molecule has 0 spiro atoms. The number of carbonyl (C=O) groups excluding carboxylic acids is 1. The Bertz CT molecular complexity index is 1170. The molecule has 0 aliphatic heterocycles. The van der Waals surface area contributed by atoms with Gasteiger partial charge in [-0.1, -0.05) is 12.1 Å². The van der Waals surface area contributed by atoms with Crippen LogP contribution in [0.15, 0.2) is 24.3 Å². The van der Waals surface area contributed by atoms with Gasteiger partial charge in [-0.05, 0) is 44.4 Å². The maximum Gasteiger partial charge on any atom is 0.261 e. The number of thiophene rings is 1. The molecule has 1 fully saturated rings. The number of aromatic nitrogens is 4. The summed E-state index contributed by atoms with van der Waals surface area (Å²) >= 11 is 1.47. The van der Waals surface area contributed by atoms with Crippen LogP contribution in [-0.4, -0.2) is 32.4 Å². The molecule has 0 saturated heterocycles. The Balaban J connectivity index is 1.32. The molecule has 4 aromatic rings. The minimum absolute atomic E-state index is 0.0519. The third-order valence-corrected chi connectivity index (χ3v) is 6.41.